The molecule has 7 heteroatoms. The minimum absolute atomic E-state index is 0.151. The number of amides is 2. The van der Waals surface area contributed by atoms with Crippen LogP contribution in [0.1, 0.15) is 38.8 Å². The van der Waals surface area contributed by atoms with E-state index in [1.165, 1.54) is 0 Å². The number of carbonyl (C=O) groups excluding carboxylic acids is 2. The molecule has 142 valence electrons. The smallest absolute Gasteiger partial charge is 0.338 e. The Labute approximate surface area is 153 Å². The maximum Gasteiger partial charge on any atom is 0.338 e. The summed E-state index contributed by atoms with van der Waals surface area (Å²) in [6, 6.07) is 6.35. The molecule has 0 saturated heterocycles. The van der Waals surface area contributed by atoms with Gasteiger partial charge in [-0.3, -0.25) is 0 Å². The van der Waals surface area contributed by atoms with E-state index in [9.17, 15) is 9.59 Å². The molecule has 0 unspecified atom stereocenters. The Bertz CT molecular complexity index is 672. The topological polar surface area (TPSA) is 85.9 Å². The zero-order chi connectivity index (χ0) is 18.9. The Morgan fingerprint density at radius 2 is 1.92 bits per heavy atom. The summed E-state index contributed by atoms with van der Waals surface area (Å²) < 4.78 is 16.3. The molecule has 0 spiro atoms. The molecule has 2 N–H and O–H groups in total. The van der Waals surface area contributed by atoms with Gasteiger partial charge >= 0.3 is 12.0 Å². The van der Waals surface area contributed by atoms with Gasteiger partial charge in [0, 0.05) is 17.9 Å². The Balaban J connectivity index is 2.28. The highest BCUT2D eigenvalue weighted by molar-refractivity contribution is 5.95. The van der Waals surface area contributed by atoms with Gasteiger partial charge in [-0.1, -0.05) is 25.1 Å². The molecule has 1 aromatic rings. The molecule has 0 aromatic heterocycles. The third-order valence-electron chi connectivity index (χ3n) is 3.85. The molecular formula is C19H26N2O5. The van der Waals surface area contributed by atoms with Crippen molar-refractivity contribution in [1.29, 1.82) is 0 Å². The highest BCUT2D eigenvalue weighted by Crippen LogP contribution is 2.33. The summed E-state index contributed by atoms with van der Waals surface area (Å²) in [7, 11) is 0. The Kier molecular flexibility index (Phi) is 7.47. The lowest BCUT2D eigenvalue weighted by Gasteiger charge is -2.29. The SMILES string of the molecule is CCCOc1ccccc1[C@@H]1NC(=O)NC(C)=C1C(=O)OCCOCC. The molecule has 1 aliphatic rings. The summed E-state index contributed by atoms with van der Waals surface area (Å²) in [5.41, 5.74) is 1.53. The van der Waals surface area contributed by atoms with Crippen molar-refractivity contribution in [2.45, 2.75) is 33.2 Å². The highest BCUT2D eigenvalue weighted by Gasteiger charge is 2.33. The Morgan fingerprint density at radius 3 is 2.65 bits per heavy atom. The van der Waals surface area contributed by atoms with Crippen LogP contribution in [0.3, 0.4) is 0 Å². The molecule has 0 aliphatic carbocycles. The van der Waals surface area contributed by atoms with Crippen molar-refractivity contribution in [2.75, 3.05) is 26.4 Å². The molecule has 0 fully saturated rings. The average molecular weight is 362 g/mol. The molecule has 2 rings (SSSR count). The zero-order valence-electron chi connectivity index (χ0n) is 15.5. The van der Waals surface area contributed by atoms with E-state index in [2.05, 4.69) is 10.6 Å². The first-order valence-corrected chi connectivity index (χ1v) is 8.83. The summed E-state index contributed by atoms with van der Waals surface area (Å²) in [4.78, 5) is 24.6. The summed E-state index contributed by atoms with van der Waals surface area (Å²) in [5, 5.41) is 5.42. The van der Waals surface area contributed by atoms with Crippen LogP contribution in [0.4, 0.5) is 4.79 Å². The van der Waals surface area contributed by atoms with E-state index in [1.54, 1.807) is 6.92 Å². The van der Waals surface area contributed by atoms with Crippen LogP contribution in [0.5, 0.6) is 5.75 Å². The van der Waals surface area contributed by atoms with Crippen molar-refractivity contribution >= 4 is 12.0 Å². The van der Waals surface area contributed by atoms with Crippen molar-refractivity contribution in [1.82, 2.24) is 10.6 Å². The molecule has 26 heavy (non-hydrogen) atoms. The lowest BCUT2D eigenvalue weighted by atomic mass is 9.95. The predicted molar refractivity (Wildman–Crippen MR) is 96.8 cm³/mol. The Hall–Kier alpha value is -2.54. The highest BCUT2D eigenvalue weighted by atomic mass is 16.6. The number of para-hydroxylation sites is 1. The van der Waals surface area contributed by atoms with Crippen LogP contribution in [-0.4, -0.2) is 38.4 Å². The molecular weight excluding hydrogens is 336 g/mol. The van der Waals surface area contributed by atoms with Gasteiger partial charge < -0.3 is 24.8 Å². The molecule has 0 radical (unpaired) electrons. The molecule has 1 aliphatic heterocycles. The van der Waals surface area contributed by atoms with Crippen molar-refractivity contribution < 1.29 is 23.8 Å². The Morgan fingerprint density at radius 1 is 1.15 bits per heavy atom. The molecule has 2 amide bonds. The molecule has 1 aromatic carbocycles. The molecule has 0 bridgehead atoms. The van der Waals surface area contributed by atoms with Gasteiger partial charge in [0.1, 0.15) is 12.4 Å². The minimum atomic E-state index is -0.642. The first-order chi connectivity index (χ1) is 12.6. The van der Waals surface area contributed by atoms with Gasteiger partial charge in [-0.15, -0.1) is 0 Å². The minimum Gasteiger partial charge on any atom is -0.493 e. The van der Waals surface area contributed by atoms with Crippen LogP contribution in [0.15, 0.2) is 35.5 Å². The fraction of sp³-hybridized carbons (Fsp3) is 0.474. The maximum atomic E-state index is 12.6. The fourth-order valence-electron chi connectivity index (χ4n) is 2.68. The second-order valence-electron chi connectivity index (χ2n) is 5.79. The number of rotatable bonds is 9. The van der Waals surface area contributed by atoms with Crippen LogP contribution in [0.2, 0.25) is 0 Å². The third kappa shape index (κ3) is 4.98. The molecule has 0 saturated carbocycles. The monoisotopic (exact) mass is 362 g/mol. The van der Waals surface area contributed by atoms with Gasteiger partial charge in [-0.2, -0.15) is 0 Å². The number of hydrogen-bond acceptors (Lipinski definition) is 5. The van der Waals surface area contributed by atoms with E-state index in [1.807, 2.05) is 38.1 Å². The zero-order valence-corrected chi connectivity index (χ0v) is 15.5. The summed E-state index contributed by atoms with van der Waals surface area (Å²) >= 11 is 0. The van der Waals surface area contributed by atoms with Gasteiger partial charge in [0.15, 0.2) is 0 Å². The number of allylic oxidation sites excluding steroid dienone is 1. The predicted octanol–water partition coefficient (Wildman–Crippen LogP) is 2.68. The number of ether oxygens (including phenoxy) is 3. The van der Waals surface area contributed by atoms with Crippen molar-refractivity contribution in [3.05, 3.63) is 41.1 Å². The standard InChI is InChI=1S/C19H26N2O5/c1-4-10-25-15-9-7-6-8-14(15)17-16(13(3)20-19(23)21-17)18(22)26-12-11-24-5-2/h6-9,17H,4-5,10-12H2,1-3H3,(H2,20,21,23)/t17-/m0/s1. The second kappa shape index (κ2) is 9.82. The summed E-state index contributed by atoms with van der Waals surface area (Å²) in [6.07, 6.45) is 0.855. The lowest BCUT2D eigenvalue weighted by Crippen LogP contribution is -2.45. The number of carbonyl (C=O) groups is 2. The van der Waals surface area contributed by atoms with E-state index in [0.29, 0.717) is 42.4 Å². The number of benzene rings is 1. The van der Waals surface area contributed by atoms with Crippen LogP contribution in [0, 0.1) is 0 Å². The van der Waals surface area contributed by atoms with E-state index in [0.717, 1.165) is 6.42 Å². The normalized spacial score (nSPS) is 16.7. The van der Waals surface area contributed by atoms with E-state index < -0.39 is 12.0 Å². The van der Waals surface area contributed by atoms with Crippen molar-refractivity contribution in [2.24, 2.45) is 0 Å². The molecule has 1 heterocycles. The number of esters is 1. The first-order valence-electron chi connectivity index (χ1n) is 8.83. The van der Waals surface area contributed by atoms with Crippen LogP contribution in [-0.2, 0) is 14.3 Å². The average Bonchev–Trinajstić information content (AvgIpc) is 2.63. The summed E-state index contributed by atoms with van der Waals surface area (Å²) in [6.45, 7) is 7.15. The van der Waals surface area contributed by atoms with E-state index in [4.69, 9.17) is 14.2 Å². The number of hydrogen-bond donors (Lipinski definition) is 2. The molecule has 1 atom stereocenters. The summed E-state index contributed by atoms with van der Waals surface area (Å²) in [5.74, 6) is 0.138. The fourth-order valence-corrected chi connectivity index (χ4v) is 2.68. The van der Waals surface area contributed by atoms with Crippen LogP contribution < -0.4 is 15.4 Å². The molecule has 7 nitrogen and oxygen atoms in total. The van der Waals surface area contributed by atoms with Gasteiger partial charge in [-0.05, 0) is 26.3 Å². The van der Waals surface area contributed by atoms with Crippen molar-refractivity contribution in [3.8, 4) is 5.75 Å². The van der Waals surface area contributed by atoms with E-state index >= 15 is 0 Å². The third-order valence-corrected chi connectivity index (χ3v) is 3.85. The second-order valence-corrected chi connectivity index (χ2v) is 5.79. The van der Waals surface area contributed by atoms with Crippen molar-refractivity contribution in [3.63, 3.8) is 0 Å². The van der Waals surface area contributed by atoms with Gasteiger partial charge in [0.2, 0.25) is 0 Å². The lowest BCUT2D eigenvalue weighted by molar-refractivity contribution is -0.141. The van der Waals surface area contributed by atoms with Crippen LogP contribution >= 0.6 is 0 Å². The van der Waals surface area contributed by atoms with Gasteiger partial charge in [0.25, 0.3) is 0 Å². The van der Waals surface area contributed by atoms with Gasteiger partial charge in [-0.25, -0.2) is 9.59 Å². The first kappa shape index (κ1) is 19.8. The maximum absolute atomic E-state index is 12.6. The quantitative estimate of drug-likeness (QED) is 0.521. The number of urea groups is 1. The largest absolute Gasteiger partial charge is 0.493 e. The van der Waals surface area contributed by atoms with Crippen LogP contribution in [0.25, 0.3) is 0 Å². The van der Waals surface area contributed by atoms with E-state index in [-0.39, 0.29) is 12.6 Å². The number of nitrogens with one attached hydrogen (secondary N) is 2. The van der Waals surface area contributed by atoms with Gasteiger partial charge in [0.05, 0.1) is 24.8 Å².